The molecule has 15 heteroatoms. The van der Waals surface area contributed by atoms with Crippen LogP contribution in [-0.2, 0) is 0 Å². The Kier molecular flexibility index (Phi) is 19.6. The van der Waals surface area contributed by atoms with Gasteiger partial charge in [0.25, 0.3) is 0 Å². The lowest BCUT2D eigenvalue weighted by Crippen LogP contribution is -2.01. The van der Waals surface area contributed by atoms with Gasteiger partial charge in [-0.25, -0.2) is 38.7 Å². The summed E-state index contributed by atoms with van der Waals surface area (Å²) in [6, 6.07) is 30.1. The summed E-state index contributed by atoms with van der Waals surface area (Å²) in [6.07, 6.45) is 15.4. The summed E-state index contributed by atoms with van der Waals surface area (Å²) in [5, 5.41) is 10.1. The molecule has 0 spiro atoms. The van der Waals surface area contributed by atoms with Crippen molar-refractivity contribution in [3.63, 3.8) is 0 Å². The van der Waals surface area contributed by atoms with E-state index in [1.54, 1.807) is 67.8 Å². The van der Waals surface area contributed by atoms with Gasteiger partial charge in [0.05, 0.1) is 11.1 Å². The third kappa shape index (κ3) is 14.7. The Bertz CT molecular complexity index is 2970. The van der Waals surface area contributed by atoms with Crippen molar-refractivity contribution in [3.8, 4) is 34.2 Å². The van der Waals surface area contributed by atoms with Crippen LogP contribution < -0.4 is 16.0 Å². The molecule has 9 rings (SSSR count). The van der Waals surface area contributed by atoms with Gasteiger partial charge in [0.1, 0.15) is 29.1 Å². The second-order valence-corrected chi connectivity index (χ2v) is 14.7. The summed E-state index contributed by atoms with van der Waals surface area (Å²) >= 11 is 5.92. The number of benzene rings is 3. The average Bonchev–Trinajstić information content (AvgIpc) is 3.37. The molecule has 9 aromatic rings. The van der Waals surface area contributed by atoms with Gasteiger partial charge in [0.15, 0.2) is 17.5 Å². The maximum Gasteiger partial charge on any atom is 0.164 e. The molecule has 0 aliphatic heterocycles. The highest BCUT2D eigenvalue weighted by molar-refractivity contribution is 6.30. The normalized spacial score (nSPS) is 9.99. The molecule has 0 fully saturated rings. The van der Waals surface area contributed by atoms with Crippen LogP contribution in [0.25, 0.3) is 34.2 Å². The lowest BCUT2D eigenvalue weighted by atomic mass is 10.1. The van der Waals surface area contributed by atoms with Gasteiger partial charge < -0.3 is 16.0 Å². The average molecular weight is 932 g/mol. The largest absolute Gasteiger partial charge is 0.340 e. The zero-order valence-electron chi connectivity index (χ0n) is 39.2. The molecule has 0 radical (unpaired) electrons. The van der Waals surface area contributed by atoms with Crippen LogP contribution in [0, 0.1) is 39.3 Å². The SMILES string of the molecule is CC.CC.Cc1cccc(-c2ncc(C)c(Nc3ccncc3)n2)c1.Cc1cnc(-c2cc(Cl)ccc2F)nc1Nc1ccncc1.Cc1cnc(-c2ccccc2F)nc1Nc1ccncc1. The summed E-state index contributed by atoms with van der Waals surface area (Å²) in [6.45, 7) is 15.8. The Morgan fingerprint density at radius 3 is 1.29 bits per heavy atom. The third-order valence-electron chi connectivity index (χ3n) is 9.30. The van der Waals surface area contributed by atoms with Crippen molar-refractivity contribution < 1.29 is 8.78 Å². The fourth-order valence-corrected chi connectivity index (χ4v) is 6.09. The highest BCUT2D eigenvalue weighted by atomic mass is 35.5. The minimum absolute atomic E-state index is 0.269. The molecule has 3 aromatic carbocycles. The number of anilines is 6. The summed E-state index contributed by atoms with van der Waals surface area (Å²) in [5.41, 5.74) is 8.27. The van der Waals surface area contributed by atoms with E-state index in [-0.39, 0.29) is 17.2 Å². The molecule has 0 amide bonds. The maximum absolute atomic E-state index is 13.9. The molecule has 0 bridgehead atoms. The summed E-state index contributed by atoms with van der Waals surface area (Å²) < 4.78 is 27.8. The van der Waals surface area contributed by atoms with Crippen LogP contribution in [-0.4, -0.2) is 44.9 Å². The molecule has 0 saturated carbocycles. The molecule has 3 N–H and O–H groups in total. The number of nitrogens with zero attached hydrogens (tertiary/aromatic N) is 9. The van der Waals surface area contributed by atoms with E-state index in [0.717, 1.165) is 51.0 Å². The molecular formula is C53H53ClF2N12. The number of halogens is 3. The first-order valence-corrected chi connectivity index (χ1v) is 22.3. The van der Waals surface area contributed by atoms with E-state index < -0.39 is 5.82 Å². The van der Waals surface area contributed by atoms with Crippen molar-refractivity contribution >= 4 is 46.1 Å². The summed E-state index contributed by atoms with van der Waals surface area (Å²) in [5.74, 6) is 2.68. The van der Waals surface area contributed by atoms with E-state index in [2.05, 4.69) is 79.9 Å². The van der Waals surface area contributed by atoms with E-state index in [1.807, 2.05) is 103 Å². The monoisotopic (exact) mass is 930 g/mol. The van der Waals surface area contributed by atoms with E-state index >= 15 is 0 Å². The van der Waals surface area contributed by atoms with E-state index in [4.69, 9.17) is 11.6 Å². The lowest BCUT2D eigenvalue weighted by molar-refractivity contribution is 0.629. The minimum atomic E-state index is -0.414. The van der Waals surface area contributed by atoms with Gasteiger partial charge in [0.2, 0.25) is 0 Å². The van der Waals surface area contributed by atoms with Gasteiger partial charge in [0, 0.05) is 100 Å². The van der Waals surface area contributed by atoms with Crippen molar-refractivity contribution in [1.29, 1.82) is 0 Å². The van der Waals surface area contributed by atoms with E-state index in [9.17, 15) is 8.78 Å². The number of aromatic nitrogens is 9. The number of hydrogen-bond donors (Lipinski definition) is 3. The number of pyridine rings is 3. The van der Waals surface area contributed by atoms with Crippen LogP contribution in [0.4, 0.5) is 43.3 Å². The van der Waals surface area contributed by atoms with Crippen LogP contribution in [0.2, 0.25) is 5.02 Å². The third-order valence-corrected chi connectivity index (χ3v) is 9.54. The fourth-order valence-electron chi connectivity index (χ4n) is 5.92. The molecular weight excluding hydrogens is 878 g/mol. The standard InChI is InChI=1S/C17H16N4.C16H12ClFN4.C16H13FN4.2C2H6/c1-12-4-3-5-14(10-12)17-19-11-13(2)16(21-17)20-15-6-8-18-9-7-15;1-10-9-20-16(13-8-11(17)2-3-14(13)18)22-15(10)21-12-4-6-19-7-5-12;1-11-10-19-16(13-4-2-3-5-14(13)17)21-15(11)20-12-6-8-18-9-7-12;2*1-2/h3-11H,1-2H3,(H,18,19,20,21);2-9H,1H3,(H,19,20,21,22);2-10H,1H3,(H,18,19,20,21);2*1-2H3. The van der Waals surface area contributed by atoms with Crippen LogP contribution in [0.1, 0.15) is 49.9 Å². The highest BCUT2D eigenvalue weighted by Gasteiger charge is 2.13. The van der Waals surface area contributed by atoms with E-state index in [0.29, 0.717) is 28.0 Å². The van der Waals surface area contributed by atoms with Crippen molar-refractivity contribution in [2.24, 2.45) is 0 Å². The quantitative estimate of drug-likeness (QED) is 0.126. The zero-order chi connectivity index (χ0) is 48.8. The first kappa shape index (κ1) is 50.9. The van der Waals surface area contributed by atoms with Crippen molar-refractivity contribution in [1.82, 2.24) is 44.9 Å². The Morgan fingerprint density at radius 2 is 0.838 bits per heavy atom. The first-order valence-electron chi connectivity index (χ1n) is 21.9. The highest BCUT2D eigenvalue weighted by Crippen LogP contribution is 2.27. The summed E-state index contributed by atoms with van der Waals surface area (Å²) in [7, 11) is 0. The van der Waals surface area contributed by atoms with Gasteiger partial charge in [-0.15, -0.1) is 0 Å². The zero-order valence-corrected chi connectivity index (χ0v) is 39.9. The molecule has 346 valence electrons. The van der Waals surface area contributed by atoms with Gasteiger partial charge in [-0.05, 0) is 100 Å². The maximum atomic E-state index is 13.9. The molecule has 12 nitrogen and oxygen atoms in total. The Morgan fingerprint density at radius 1 is 0.426 bits per heavy atom. The van der Waals surface area contributed by atoms with Gasteiger partial charge in [-0.3, -0.25) is 15.0 Å². The molecule has 0 atom stereocenters. The van der Waals surface area contributed by atoms with Crippen molar-refractivity contribution in [2.45, 2.75) is 55.4 Å². The fraction of sp³-hybridized carbons (Fsp3) is 0.151. The number of nitrogens with one attached hydrogen (secondary N) is 3. The molecule has 0 aliphatic rings. The van der Waals surface area contributed by atoms with Crippen LogP contribution in [0.15, 0.2) is 159 Å². The Hall–Kier alpha value is -8.10. The molecule has 6 heterocycles. The number of rotatable bonds is 9. The topological polar surface area (TPSA) is 152 Å². The second-order valence-electron chi connectivity index (χ2n) is 14.2. The van der Waals surface area contributed by atoms with Gasteiger partial charge >= 0.3 is 0 Å². The molecule has 0 unspecified atom stereocenters. The van der Waals surface area contributed by atoms with Crippen LogP contribution in [0.3, 0.4) is 0 Å². The molecule has 0 aliphatic carbocycles. The number of aryl methyl sites for hydroxylation is 4. The predicted octanol–water partition coefficient (Wildman–Crippen LogP) is 14.1. The van der Waals surface area contributed by atoms with Crippen molar-refractivity contribution in [2.75, 3.05) is 16.0 Å². The van der Waals surface area contributed by atoms with Gasteiger partial charge in [-0.2, -0.15) is 0 Å². The van der Waals surface area contributed by atoms with E-state index in [1.165, 1.54) is 29.8 Å². The summed E-state index contributed by atoms with van der Waals surface area (Å²) in [4.78, 5) is 38.2. The second kappa shape index (κ2) is 26.1. The minimum Gasteiger partial charge on any atom is -0.340 e. The van der Waals surface area contributed by atoms with Gasteiger partial charge in [-0.1, -0.05) is 75.2 Å². The van der Waals surface area contributed by atoms with Crippen LogP contribution >= 0.6 is 11.6 Å². The first-order chi connectivity index (χ1) is 33.1. The molecule has 0 saturated heterocycles. The molecule has 68 heavy (non-hydrogen) atoms. The lowest BCUT2D eigenvalue weighted by Gasteiger charge is -2.10. The smallest absolute Gasteiger partial charge is 0.164 e. The van der Waals surface area contributed by atoms with Crippen molar-refractivity contribution in [3.05, 3.63) is 198 Å². The van der Waals surface area contributed by atoms with Crippen LogP contribution in [0.5, 0.6) is 0 Å². The predicted molar refractivity (Wildman–Crippen MR) is 272 cm³/mol. The molecule has 6 aromatic heterocycles. The Labute approximate surface area is 401 Å². The number of hydrogen-bond acceptors (Lipinski definition) is 12. The Balaban J connectivity index is 0.000000184.